The fourth-order valence-electron chi connectivity index (χ4n) is 3.16. The summed E-state index contributed by atoms with van der Waals surface area (Å²) in [4.78, 5) is 14.1. The third-order valence-corrected chi connectivity index (χ3v) is 5.11. The maximum Gasteiger partial charge on any atom is 0.410 e. The Labute approximate surface area is 158 Å². The summed E-state index contributed by atoms with van der Waals surface area (Å²) in [6, 6.07) is 10.3. The van der Waals surface area contributed by atoms with Crippen molar-refractivity contribution < 1.29 is 14.3 Å². The van der Waals surface area contributed by atoms with Crippen LogP contribution in [0.2, 0.25) is 0 Å². The van der Waals surface area contributed by atoms with E-state index >= 15 is 0 Å². The topological polar surface area (TPSA) is 50.8 Å². The van der Waals surface area contributed by atoms with Crippen molar-refractivity contribution in [1.82, 2.24) is 10.2 Å². The first-order valence-corrected chi connectivity index (χ1v) is 9.92. The van der Waals surface area contributed by atoms with Gasteiger partial charge in [-0.1, -0.05) is 57.5 Å². The molecule has 1 aliphatic rings. The molecule has 1 aromatic rings. The number of amides is 1. The van der Waals surface area contributed by atoms with Crippen molar-refractivity contribution in [3.8, 4) is 0 Å². The van der Waals surface area contributed by atoms with Gasteiger partial charge >= 0.3 is 6.09 Å². The van der Waals surface area contributed by atoms with Crippen LogP contribution in [-0.4, -0.2) is 49.4 Å². The Kier molecular flexibility index (Phi) is 8.92. The summed E-state index contributed by atoms with van der Waals surface area (Å²) < 4.78 is 11.3. The smallest absolute Gasteiger partial charge is 0.410 e. The Morgan fingerprint density at radius 1 is 1.31 bits per heavy atom. The number of nitrogens with zero attached hydrogens (tertiary/aromatic N) is 1. The van der Waals surface area contributed by atoms with Crippen LogP contribution in [0.5, 0.6) is 0 Å². The zero-order valence-electron chi connectivity index (χ0n) is 16.4. The lowest BCUT2D eigenvalue weighted by molar-refractivity contribution is -0.0282. The highest BCUT2D eigenvalue weighted by Gasteiger charge is 2.25. The summed E-state index contributed by atoms with van der Waals surface area (Å²) in [5.41, 5.74) is 1.00. The molecular formula is C21H34N2O3. The predicted molar refractivity (Wildman–Crippen MR) is 104 cm³/mol. The van der Waals surface area contributed by atoms with Crippen molar-refractivity contribution in [2.75, 3.05) is 26.2 Å². The second kappa shape index (κ2) is 11.2. The Bertz CT molecular complexity index is 523. The highest BCUT2D eigenvalue weighted by molar-refractivity contribution is 5.67. The van der Waals surface area contributed by atoms with Crippen LogP contribution in [0.3, 0.4) is 0 Å². The summed E-state index contributed by atoms with van der Waals surface area (Å²) in [5.74, 6) is 0.726. The normalized spacial score (nSPS) is 19.8. The average Bonchev–Trinajstić information content (AvgIpc) is 2.70. The molecule has 1 aromatic carbocycles. The third kappa shape index (κ3) is 6.96. The van der Waals surface area contributed by atoms with Crippen LogP contribution in [0.1, 0.15) is 45.6 Å². The van der Waals surface area contributed by atoms with E-state index in [1.54, 1.807) is 4.90 Å². The lowest BCUT2D eigenvalue weighted by atomic mass is 9.97. The summed E-state index contributed by atoms with van der Waals surface area (Å²) >= 11 is 0. The van der Waals surface area contributed by atoms with E-state index in [9.17, 15) is 4.79 Å². The predicted octanol–water partition coefficient (Wildman–Crippen LogP) is 3.83. The minimum Gasteiger partial charge on any atom is -0.445 e. The standard InChI is InChI=1S/C21H34N2O3/c1-4-17(3)13-19(5-2)22-14-20-15-23(11-12-25-20)21(24)26-16-18-9-7-6-8-10-18/h6-10,17,19-20,22H,4-5,11-16H2,1-3H3. The molecule has 1 saturated heterocycles. The number of carbonyl (C=O) groups excluding carboxylic acids is 1. The van der Waals surface area contributed by atoms with Gasteiger partial charge in [0, 0.05) is 19.1 Å². The summed E-state index contributed by atoms with van der Waals surface area (Å²) in [6.07, 6.45) is 3.27. The number of ether oxygens (including phenoxy) is 2. The second-order valence-corrected chi connectivity index (χ2v) is 7.24. The van der Waals surface area contributed by atoms with Crippen molar-refractivity contribution in [2.45, 2.75) is 58.8 Å². The molecule has 0 radical (unpaired) electrons. The van der Waals surface area contributed by atoms with Gasteiger partial charge in [-0.15, -0.1) is 0 Å². The van der Waals surface area contributed by atoms with Gasteiger partial charge in [-0.05, 0) is 24.3 Å². The fraction of sp³-hybridized carbons (Fsp3) is 0.667. The Hall–Kier alpha value is -1.59. The van der Waals surface area contributed by atoms with Crippen LogP contribution < -0.4 is 5.32 Å². The number of benzene rings is 1. The van der Waals surface area contributed by atoms with Crippen LogP contribution in [0.4, 0.5) is 4.79 Å². The third-order valence-electron chi connectivity index (χ3n) is 5.11. The molecule has 0 saturated carbocycles. The lowest BCUT2D eigenvalue weighted by Crippen LogP contribution is -2.50. The lowest BCUT2D eigenvalue weighted by Gasteiger charge is -2.33. The number of carbonyl (C=O) groups is 1. The van der Waals surface area contributed by atoms with Gasteiger partial charge in [0.25, 0.3) is 0 Å². The molecule has 0 bridgehead atoms. The van der Waals surface area contributed by atoms with E-state index in [1.165, 1.54) is 12.8 Å². The number of hydrogen-bond donors (Lipinski definition) is 1. The first kappa shape index (κ1) is 20.7. The molecule has 146 valence electrons. The molecule has 1 aliphatic heterocycles. The van der Waals surface area contributed by atoms with Gasteiger partial charge in [0.05, 0.1) is 19.3 Å². The first-order valence-electron chi connectivity index (χ1n) is 9.92. The SMILES string of the molecule is CCC(C)CC(CC)NCC1CN(C(=O)OCc2ccccc2)CCO1. The molecule has 3 atom stereocenters. The summed E-state index contributed by atoms with van der Waals surface area (Å²) in [6.45, 7) is 9.58. The number of hydrogen-bond acceptors (Lipinski definition) is 4. The molecular weight excluding hydrogens is 328 g/mol. The van der Waals surface area contributed by atoms with Crippen LogP contribution in [-0.2, 0) is 16.1 Å². The zero-order chi connectivity index (χ0) is 18.8. The number of rotatable bonds is 9. The van der Waals surface area contributed by atoms with Gasteiger partial charge in [-0.2, -0.15) is 0 Å². The molecule has 0 spiro atoms. The molecule has 2 rings (SSSR count). The van der Waals surface area contributed by atoms with E-state index in [1.807, 2.05) is 30.3 Å². The minimum atomic E-state index is -0.256. The van der Waals surface area contributed by atoms with Crippen LogP contribution >= 0.6 is 0 Å². The van der Waals surface area contributed by atoms with Crippen LogP contribution in [0, 0.1) is 5.92 Å². The maximum atomic E-state index is 12.3. The molecule has 1 heterocycles. The molecule has 0 aliphatic carbocycles. The zero-order valence-corrected chi connectivity index (χ0v) is 16.4. The molecule has 1 amide bonds. The van der Waals surface area contributed by atoms with Gasteiger partial charge in [0.15, 0.2) is 0 Å². The Balaban J connectivity index is 1.74. The fourth-order valence-corrected chi connectivity index (χ4v) is 3.16. The van der Waals surface area contributed by atoms with Gasteiger partial charge in [0.2, 0.25) is 0 Å². The van der Waals surface area contributed by atoms with Gasteiger partial charge in [0.1, 0.15) is 6.61 Å². The molecule has 1 fully saturated rings. The van der Waals surface area contributed by atoms with Crippen LogP contribution in [0.25, 0.3) is 0 Å². The van der Waals surface area contributed by atoms with Gasteiger partial charge in [-0.3, -0.25) is 0 Å². The Morgan fingerprint density at radius 2 is 2.08 bits per heavy atom. The van der Waals surface area contributed by atoms with E-state index in [-0.39, 0.29) is 12.2 Å². The van der Waals surface area contributed by atoms with E-state index in [2.05, 4.69) is 26.1 Å². The quantitative estimate of drug-likeness (QED) is 0.725. The van der Waals surface area contributed by atoms with E-state index < -0.39 is 0 Å². The minimum absolute atomic E-state index is 0.0269. The van der Waals surface area contributed by atoms with Gasteiger partial charge < -0.3 is 19.7 Å². The monoisotopic (exact) mass is 362 g/mol. The van der Waals surface area contributed by atoms with Crippen molar-refractivity contribution in [3.05, 3.63) is 35.9 Å². The molecule has 0 aromatic heterocycles. The van der Waals surface area contributed by atoms with Crippen molar-refractivity contribution in [2.24, 2.45) is 5.92 Å². The van der Waals surface area contributed by atoms with Crippen molar-refractivity contribution in [1.29, 1.82) is 0 Å². The maximum absolute atomic E-state index is 12.3. The van der Waals surface area contributed by atoms with E-state index in [0.29, 0.717) is 32.3 Å². The molecule has 3 unspecified atom stereocenters. The second-order valence-electron chi connectivity index (χ2n) is 7.24. The van der Waals surface area contributed by atoms with Crippen molar-refractivity contribution >= 4 is 6.09 Å². The highest BCUT2D eigenvalue weighted by Crippen LogP contribution is 2.13. The molecule has 26 heavy (non-hydrogen) atoms. The van der Waals surface area contributed by atoms with E-state index in [4.69, 9.17) is 9.47 Å². The Morgan fingerprint density at radius 3 is 2.77 bits per heavy atom. The first-order chi connectivity index (χ1) is 12.6. The van der Waals surface area contributed by atoms with Gasteiger partial charge in [-0.25, -0.2) is 4.79 Å². The molecule has 5 nitrogen and oxygen atoms in total. The average molecular weight is 363 g/mol. The van der Waals surface area contributed by atoms with E-state index in [0.717, 1.165) is 24.4 Å². The molecule has 5 heteroatoms. The number of nitrogens with one attached hydrogen (secondary N) is 1. The number of morpholine rings is 1. The largest absolute Gasteiger partial charge is 0.445 e. The molecule has 1 N–H and O–H groups in total. The summed E-state index contributed by atoms with van der Waals surface area (Å²) in [7, 11) is 0. The van der Waals surface area contributed by atoms with Crippen LogP contribution in [0.15, 0.2) is 30.3 Å². The van der Waals surface area contributed by atoms with Crippen molar-refractivity contribution in [3.63, 3.8) is 0 Å². The highest BCUT2D eigenvalue weighted by atomic mass is 16.6. The summed E-state index contributed by atoms with van der Waals surface area (Å²) in [5, 5.41) is 3.62.